The summed E-state index contributed by atoms with van der Waals surface area (Å²) >= 11 is 0. The summed E-state index contributed by atoms with van der Waals surface area (Å²) in [5.74, 6) is -0.407. The molecule has 1 heterocycles. The number of nitrogens with two attached hydrogens (primary N) is 1. The van der Waals surface area contributed by atoms with Crippen molar-refractivity contribution in [3.63, 3.8) is 0 Å². The fraction of sp³-hybridized carbons (Fsp3) is 0.300. The first-order valence-corrected chi connectivity index (χ1v) is 10.7. The van der Waals surface area contributed by atoms with Crippen LogP contribution in [0.15, 0.2) is 53.4 Å². The third kappa shape index (κ3) is 5.12. The monoisotopic (exact) mass is 416 g/mol. The maximum Gasteiger partial charge on any atom is 0.316 e. The van der Waals surface area contributed by atoms with E-state index in [0.717, 1.165) is 5.56 Å². The second kappa shape index (κ2) is 8.62. The summed E-state index contributed by atoms with van der Waals surface area (Å²) in [6.07, 6.45) is 0.913. The predicted molar refractivity (Wildman–Crippen MR) is 111 cm³/mol. The van der Waals surface area contributed by atoms with Crippen molar-refractivity contribution in [3.05, 3.63) is 54.1 Å². The van der Waals surface area contributed by atoms with E-state index in [0.29, 0.717) is 37.3 Å². The van der Waals surface area contributed by atoms with Gasteiger partial charge in [-0.3, -0.25) is 4.79 Å². The number of piperidine rings is 1. The number of carbonyl (C=O) groups excluding carboxylic acids is 2. The van der Waals surface area contributed by atoms with Gasteiger partial charge in [0.25, 0.3) is 0 Å². The van der Waals surface area contributed by atoms with Crippen LogP contribution < -0.4 is 16.4 Å². The molecule has 1 saturated heterocycles. The molecule has 0 saturated carbocycles. The summed E-state index contributed by atoms with van der Waals surface area (Å²) in [4.78, 5) is 23.6. The molecule has 0 aliphatic carbocycles. The van der Waals surface area contributed by atoms with Crippen LogP contribution in [0.5, 0.6) is 0 Å². The van der Waals surface area contributed by atoms with Crippen molar-refractivity contribution in [2.45, 2.75) is 24.7 Å². The maximum atomic E-state index is 12.8. The highest BCUT2D eigenvalue weighted by Gasteiger charge is 2.32. The molecule has 1 aliphatic rings. The zero-order chi connectivity index (χ0) is 21.0. The summed E-state index contributed by atoms with van der Waals surface area (Å²) in [6.45, 7) is 2.51. The number of carbonyl (C=O) groups is 2. The lowest BCUT2D eigenvalue weighted by molar-refractivity contribution is -0.120. The Hall–Kier alpha value is -2.91. The van der Waals surface area contributed by atoms with Crippen LogP contribution in [0.3, 0.4) is 0 Å². The molecule has 0 unspecified atom stereocenters. The van der Waals surface area contributed by atoms with Crippen LogP contribution in [0.25, 0.3) is 0 Å². The number of hydrogen-bond donors (Lipinski definition) is 3. The number of nitrogens with one attached hydrogen (secondary N) is 2. The van der Waals surface area contributed by atoms with Gasteiger partial charge in [0.1, 0.15) is 0 Å². The molecule has 0 spiro atoms. The minimum Gasteiger partial charge on any atom is -0.351 e. The van der Waals surface area contributed by atoms with Crippen LogP contribution in [0.2, 0.25) is 0 Å². The molecule has 2 aromatic carbocycles. The van der Waals surface area contributed by atoms with Crippen LogP contribution in [-0.2, 0) is 14.8 Å². The number of anilines is 2. The molecular formula is C20H24N4O4S. The molecule has 8 nitrogen and oxygen atoms in total. The van der Waals surface area contributed by atoms with E-state index in [2.05, 4.69) is 10.6 Å². The molecule has 0 radical (unpaired) electrons. The van der Waals surface area contributed by atoms with E-state index in [9.17, 15) is 18.0 Å². The number of aryl methyl sites for hydroxylation is 1. The van der Waals surface area contributed by atoms with Crippen molar-refractivity contribution in [3.8, 4) is 0 Å². The Morgan fingerprint density at radius 1 is 0.931 bits per heavy atom. The fourth-order valence-electron chi connectivity index (χ4n) is 3.24. The fourth-order valence-corrected chi connectivity index (χ4v) is 4.71. The molecule has 3 rings (SSSR count). The Balaban J connectivity index is 1.56. The number of nitrogens with zero attached hydrogens (tertiary/aromatic N) is 1. The van der Waals surface area contributed by atoms with Gasteiger partial charge >= 0.3 is 6.03 Å². The van der Waals surface area contributed by atoms with Crippen molar-refractivity contribution in [2.24, 2.45) is 11.7 Å². The minimum absolute atomic E-state index is 0.145. The van der Waals surface area contributed by atoms with Crippen LogP contribution in [0.4, 0.5) is 16.2 Å². The second-order valence-electron chi connectivity index (χ2n) is 7.05. The maximum absolute atomic E-state index is 12.8. The van der Waals surface area contributed by atoms with Crippen molar-refractivity contribution in [2.75, 3.05) is 23.7 Å². The van der Waals surface area contributed by atoms with Gasteiger partial charge in [-0.15, -0.1) is 0 Å². The molecule has 4 N–H and O–H groups in total. The smallest absolute Gasteiger partial charge is 0.316 e. The molecular weight excluding hydrogens is 392 g/mol. The zero-order valence-electron chi connectivity index (χ0n) is 16.1. The zero-order valence-corrected chi connectivity index (χ0v) is 16.9. The summed E-state index contributed by atoms with van der Waals surface area (Å²) < 4.78 is 27.0. The van der Waals surface area contributed by atoms with E-state index in [1.165, 1.54) is 4.31 Å². The van der Waals surface area contributed by atoms with E-state index >= 15 is 0 Å². The number of hydrogen-bond acceptors (Lipinski definition) is 4. The molecule has 0 bridgehead atoms. The quantitative estimate of drug-likeness (QED) is 0.693. The summed E-state index contributed by atoms with van der Waals surface area (Å²) in [6, 6.07) is 12.7. The van der Waals surface area contributed by atoms with Gasteiger partial charge < -0.3 is 16.4 Å². The van der Waals surface area contributed by atoms with Crippen molar-refractivity contribution in [1.29, 1.82) is 0 Å². The number of amides is 3. The van der Waals surface area contributed by atoms with Gasteiger partial charge in [0.05, 0.1) is 4.90 Å². The third-order valence-corrected chi connectivity index (χ3v) is 6.82. The molecule has 1 aliphatic heterocycles. The van der Waals surface area contributed by atoms with Gasteiger partial charge in [-0.25, -0.2) is 13.2 Å². The first-order chi connectivity index (χ1) is 13.8. The Morgan fingerprint density at radius 2 is 1.45 bits per heavy atom. The average Bonchev–Trinajstić information content (AvgIpc) is 2.69. The van der Waals surface area contributed by atoms with E-state index in [-0.39, 0.29) is 16.7 Å². The van der Waals surface area contributed by atoms with Gasteiger partial charge in [0.15, 0.2) is 0 Å². The van der Waals surface area contributed by atoms with Crippen LogP contribution in [-0.4, -0.2) is 37.8 Å². The van der Waals surface area contributed by atoms with Crippen molar-refractivity contribution < 1.29 is 18.0 Å². The molecule has 154 valence electrons. The SMILES string of the molecule is Cc1ccc(S(=O)(=O)N2CCC(C(=O)Nc3ccc(NC(N)=O)cc3)CC2)cc1. The van der Waals surface area contributed by atoms with Crippen LogP contribution in [0, 0.1) is 12.8 Å². The number of rotatable bonds is 5. The highest BCUT2D eigenvalue weighted by atomic mass is 32.2. The largest absolute Gasteiger partial charge is 0.351 e. The molecule has 1 fully saturated rings. The van der Waals surface area contributed by atoms with Crippen molar-refractivity contribution >= 4 is 33.3 Å². The number of primary amides is 1. The molecule has 29 heavy (non-hydrogen) atoms. The van der Waals surface area contributed by atoms with Gasteiger partial charge in [0, 0.05) is 30.4 Å². The predicted octanol–water partition coefficient (Wildman–Crippen LogP) is 2.53. The van der Waals surface area contributed by atoms with E-state index in [1.54, 1.807) is 48.5 Å². The standard InChI is InChI=1S/C20H24N4O4S/c1-14-2-8-18(9-3-14)29(27,28)24-12-10-15(11-13-24)19(25)22-16-4-6-17(7-5-16)23-20(21)26/h2-9,15H,10-13H2,1H3,(H,22,25)(H3,21,23,26). The van der Waals surface area contributed by atoms with Gasteiger partial charge in [-0.2, -0.15) is 4.31 Å². The number of urea groups is 1. The highest BCUT2D eigenvalue weighted by Crippen LogP contribution is 2.25. The number of benzene rings is 2. The topological polar surface area (TPSA) is 122 Å². The van der Waals surface area contributed by atoms with E-state index in [4.69, 9.17) is 5.73 Å². The third-order valence-electron chi connectivity index (χ3n) is 4.90. The van der Waals surface area contributed by atoms with Crippen LogP contribution >= 0.6 is 0 Å². The Labute approximate surface area is 170 Å². The molecule has 0 aromatic heterocycles. The van der Waals surface area contributed by atoms with Gasteiger partial charge in [-0.1, -0.05) is 17.7 Å². The van der Waals surface area contributed by atoms with E-state index < -0.39 is 16.1 Å². The Kier molecular flexibility index (Phi) is 6.19. The lowest BCUT2D eigenvalue weighted by Gasteiger charge is -2.30. The number of sulfonamides is 1. The average molecular weight is 417 g/mol. The molecule has 0 atom stereocenters. The van der Waals surface area contributed by atoms with Gasteiger partial charge in [0.2, 0.25) is 15.9 Å². The van der Waals surface area contributed by atoms with Crippen molar-refractivity contribution in [1.82, 2.24) is 4.31 Å². The first-order valence-electron chi connectivity index (χ1n) is 9.30. The summed E-state index contributed by atoms with van der Waals surface area (Å²) in [5, 5.41) is 5.28. The molecule has 9 heteroatoms. The normalized spacial score (nSPS) is 15.6. The Morgan fingerprint density at radius 3 is 1.97 bits per heavy atom. The Bertz CT molecular complexity index is 980. The molecule has 2 aromatic rings. The lowest BCUT2D eigenvalue weighted by atomic mass is 9.97. The highest BCUT2D eigenvalue weighted by molar-refractivity contribution is 7.89. The second-order valence-corrected chi connectivity index (χ2v) is 8.99. The van der Waals surface area contributed by atoms with Crippen LogP contribution in [0.1, 0.15) is 18.4 Å². The lowest BCUT2D eigenvalue weighted by Crippen LogP contribution is -2.41. The molecule has 3 amide bonds. The van der Waals surface area contributed by atoms with Gasteiger partial charge in [-0.05, 0) is 56.2 Å². The van der Waals surface area contributed by atoms with E-state index in [1.807, 2.05) is 6.92 Å². The summed E-state index contributed by atoms with van der Waals surface area (Å²) in [5.41, 5.74) is 7.19. The minimum atomic E-state index is -3.54. The summed E-state index contributed by atoms with van der Waals surface area (Å²) in [7, 11) is -3.54. The first kappa shape index (κ1) is 20.8.